The smallest absolute Gasteiger partial charge is 0.260 e. The maximum Gasteiger partial charge on any atom is 0.260 e. The van der Waals surface area contributed by atoms with Gasteiger partial charge in [-0.2, -0.15) is 0 Å². The zero-order valence-corrected chi connectivity index (χ0v) is 13.0. The fourth-order valence-electron chi connectivity index (χ4n) is 3.69. The predicted molar refractivity (Wildman–Crippen MR) is 84.9 cm³/mol. The summed E-state index contributed by atoms with van der Waals surface area (Å²) in [6, 6.07) is 3.33. The number of aromatic nitrogens is 1. The summed E-state index contributed by atoms with van der Waals surface area (Å²) in [5, 5.41) is 0. The molecular weight excluding hydrogens is 296 g/mol. The van der Waals surface area contributed by atoms with Crippen LogP contribution < -0.4 is 11.3 Å². The van der Waals surface area contributed by atoms with Gasteiger partial charge in [0.05, 0.1) is 6.04 Å². The van der Waals surface area contributed by atoms with Crippen LogP contribution in [0.5, 0.6) is 0 Å². The van der Waals surface area contributed by atoms with Crippen LogP contribution >= 0.6 is 0 Å². The van der Waals surface area contributed by atoms with E-state index in [1.807, 2.05) is 0 Å². The first-order chi connectivity index (χ1) is 11.1. The van der Waals surface area contributed by atoms with E-state index in [0.717, 1.165) is 32.2 Å². The number of carbonyl (C=O) groups excluding carboxylic acids is 2. The first kappa shape index (κ1) is 15.7. The number of rotatable bonds is 3. The third kappa shape index (κ3) is 3.14. The number of hydrogen-bond acceptors (Lipinski definition) is 4. The van der Waals surface area contributed by atoms with Crippen molar-refractivity contribution in [2.24, 2.45) is 5.73 Å². The summed E-state index contributed by atoms with van der Waals surface area (Å²) in [6.45, 7) is 2.09. The lowest BCUT2D eigenvalue weighted by Crippen LogP contribution is -2.51. The molecule has 2 aliphatic heterocycles. The third-order valence-corrected chi connectivity index (χ3v) is 4.89. The summed E-state index contributed by atoms with van der Waals surface area (Å²) in [7, 11) is 0. The molecule has 0 radical (unpaired) electrons. The van der Waals surface area contributed by atoms with Crippen LogP contribution in [0.3, 0.4) is 0 Å². The minimum atomic E-state index is -0.354. The summed E-state index contributed by atoms with van der Waals surface area (Å²) >= 11 is 0. The van der Waals surface area contributed by atoms with Gasteiger partial charge in [0.1, 0.15) is 5.56 Å². The Hall–Kier alpha value is -2.15. The van der Waals surface area contributed by atoms with E-state index in [9.17, 15) is 14.4 Å². The molecule has 1 unspecified atom stereocenters. The molecule has 0 aromatic carbocycles. The van der Waals surface area contributed by atoms with E-state index >= 15 is 0 Å². The Morgan fingerprint density at radius 3 is 2.57 bits per heavy atom. The summed E-state index contributed by atoms with van der Waals surface area (Å²) in [6.07, 6.45) is 4.95. The normalized spacial score (nSPS) is 23.1. The Bertz CT molecular complexity index is 649. The summed E-state index contributed by atoms with van der Waals surface area (Å²) < 4.78 is 0. The van der Waals surface area contributed by atoms with Crippen molar-refractivity contribution < 1.29 is 9.59 Å². The number of aromatic amines is 1. The number of nitrogens with one attached hydrogen (secondary N) is 1. The van der Waals surface area contributed by atoms with Gasteiger partial charge in [0, 0.05) is 25.3 Å². The number of pyridine rings is 1. The van der Waals surface area contributed by atoms with E-state index < -0.39 is 0 Å². The minimum absolute atomic E-state index is 0.167. The number of carbonyl (C=O) groups is 2. The first-order valence-electron chi connectivity index (χ1n) is 8.10. The standard InChI is InChI=1S/C16H22N4O3/c17-14(21)13-4-2-8-20(13)11-5-9-19(10-6-11)16(23)12-3-1-7-18-15(12)22/h1,3,7,11,13H,2,4-6,8-10H2,(H2,17,21)(H,18,22). The van der Waals surface area contributed by atoms with Crippen molar-refractivity contribution in [2.45, 2.75) is 37.8 Å². The van der Waals surface area contributed by atoms with Crippen molar-refractivity contribution in [1.29, 1.82) is 0 Å². The molecular formula is C16H22N4O3. The quantitative estimate of drug-likeness (QED) is 0.815. The van der Waals surface area contributed by atoms with Gasteiger partial charge in [-0.1, -0.05) is 0 Å². The molecule has 0 bridgehead atoms. The van der Waals surface area contributed by atoms with E-state index in [0.29, 0.717) is 13.1 Å². The second-order valence-electron chi connectivity index (χ2n) is 6.23. The molecule has 0 spiro atoms. The molecule has 3 heterocycles. The van der Waals surface area contributed by atoms with Gasteiger partial charge in [0.2, 0.25) is 5.91 Å². The van der Waals surface area contributed by atoms with E-state index in [2.05, 4.69) is 9.88 Å². The van der Waals surface area contributed by atoms with E-state index in [1.165, 1.54) is 6.20 Å². The highest BCUT2D eigenvalue weighted by Gasteiger charge is 2.36. The fourth-order valence-corrected chi connectivity index (χ4v) is 3.69. The zero-order chi connectivity index (χ0) is 16.4. The average molecular weight is 318 g/mol. The van der Waals surface area contributed by atoms with Crippen molar-refractivity contribution in [3.8, 4) is 0 Å². The Morgan fingerprint density at radius 2 is 1.91 bits per heavy atom. The maximum absolute atomic E-state index is 12.4. The fraction of sp³-hybridized carbons (Fsp3) is 0.562. The lowest BCUT2D eigenvalue weighted by molar-refractivity contribution is -0.123. The van der Waals surface area contributed by atoms with E-state index in [4.69, 9.17) is 5.73 Å². The van der Waals surface area contributed by atoms with Gasteiger partial charge in [-0.15, -0.1) is 0 Å². The Morgan fingerprint density at radius 1 is 1.17 bits per heavy atom. The molecule has 2 saturated heterocycles. The van der Waals surface area contributed by atoms with Crippen LogP contribution in [0.25, 0.3) is 0 Å². The molecule has 2 amide bonds. The Kier molecular flexibility index (Phi) is 4.47. The van der Waals surface area contributed by atoms with Crippen LogP contribution in [0.4, 0.5) is 0 Å². The Labute approximate surface area is 134 Å². The number of primary amides is 1. The van der Waals surface area contributed by atoms with Gasteiger partial charge in [0.15, 0.2) is 0 Å². The van der Waals surface area contributed by atoms with Crippen LogP contribution in [0.2, 0.25) is 0 Å². The van der Waals surface area contributed by atoms with Gasteiger partial charge in [-0.05, 0) is 44.4 Å². The molecule has 1 aromatic heterocycles. The first-order valence-corrected chi connectivity index (χ1v) is 8.10. The van der Waals surface area contributed by atoms with Crippen LogP contribution in [-0.4, -0.2) is 58.3 Å². The highest BCUT2D eigenvalue weighted by molar-refractivity contribution is 5.93. The monoisotopic (exact) mass is 318 g/mol. The topological polar surface area (TPSA) is 99.5 Å². The summed E-state index contributed by atoms with van der Waals surface area (Å²) in [5.74, 6) is -0.477. The van der Waals surface area contributed by atoms with Crippen molar-refractivity contribution >= 4 is 11.8 Å². The number of amides is 2. The second-order valence-corrected chi connectivity index (χ2v) is 6.23. The largest absolute Gasteiger partial charge is 0.368 e. The Balaban J connectivity index is 1.62. The molecule has 124 valence electrons. The molecule has 2 fully saturated rings. The zero-order valence-electron chi connectivity index (χ0n) is 13.0. The van der Waals surface area contributed by atoms with Crippen LogP contribution in [0.1, 0.15) is 36.0 Å². The van der Waals surface area contributed by atoms with Gasteiger partial charge >= 0.3 is 0 Å². The molecule has 23 heavy (non-hydrogen) atoms. The minimum Gasteiger partial charge on any atom is -0.368 e. The summed E-state index contributed by atoms with van der Waals surface area (Å²) in [4.78, 5) is 42.1. The number of nitrogens with zero attached hydrogens (tertiary/aromatic N) is 2. The molecule has 7 heteroatoms. The SMILES string of the molecule is NC(=O)C1CCCN1C1CCN(C(=O)c2ccc[nH]c2=O)CC1. The third-order valence-electron chi connectivity index (χ3n) is 4.89. The highest BCUT2D eigenvalue weighted by Crippen LogP contribution is 2.26. The highest BCUT2D eigenvalue weighted by atomic mass is 16.2. The van der Waals surface area contributed by atoms with Crippen molar-refractivity contribution in [1.82, 2.24) is 14.8 Å². The van der Waals surface area contributed by atoms with Crippen LogP contribution in [-0.2, 0) is 4.79 Å². The van der Waals surface area contributed by atoms with Gasteiger partial charge in [-0.3, -0.25) is 19.3 Å². The number of hydrogen-bond donors (Lipinski definition) is 2. The van der Waals surface area contributed by atoms with Crippen molar-refractivity contribution in [3.63, 3.8) is 0 Å². The number of nitrogens with two attached hydrogens (primary N) is 1. The van der Waals surface area contributed by atoms with Gasteiger partial charge in [0.25, 0.3) is 11.5 Å². The van der Waals surface area contributed by atoms with Gasteiger partial charge in [-0.25, -0.2) is 0 Å². The lowest BCUT2D eigenvalue weighted by Gasteiger charge is -2.38. The molecule has 7 nitrogen and oxygen atoms in total. The molecule has 3 rings (SSSR count). The lowest BCUT2D eigenvalue weighted by atomic mass is 10.0. The van der Waals surface area contributed by atoms with Crippen LogP contribution in [0, 0.1) is 0 Å². The van der Waals surface area contributed by atoms with Gasteiger partial charge < -0.3 is 15.6 Å². The molecule has 1 aromatic rings. The maximum atomic E-state index is 12.4. The van der Waals surface area contributed by atoms with Crippen LogP contribution in [0.15, 0.2) is 23.1 Å². The number of H-pyrrole nitrogens is 1. The van der Waals surface area contributed by atoms with Crippen molar-refractivity contribution in [3.05, 3.63) is 34.2 Å². The molecule has 0 saturated carbocycles. The molecule has 2 aliphatic rings. The average Bonchev–Trinajstić information content (AvgIpc) is 3.05. The molecule has 3 N–H and O–H groups in total. The molecule has 1 atom stereocenters. The second kappa shape index (κ2) is 6.54. The van der Waals surface area contributed by atoms with Crippen molar-refractivity contribution in [2.75, 3.05) is 19.6 Å². The van der Waals surface area contributed by atoms with E-state index in [1.54, 1.807) is 17.0 Å². The number of likely N-dealkylation sites (tertiary alicyclic amines) is 2. The summed E-state index contributed by atoms with van der Waals surface area (Å²) in [5.41, 5.74) is 5.31. The predicted octanol–water partition coefficient (Wildman–Crippen LogP) is -0.0708. The molecule has 0 aliphatic carbocycles. The number of piperidine rings is 1. The van der Waals surface area contributed by atoms with E-state index in [-0.39, 0.29) is 35.0 Å².